The van der Waals surface area contributed by atoms with Crippen molar-refractivity contribution in [2.24, 2.45) is 5.92 Å². The van der Waals surface area contributed by atoms with Crippen molar-refractivity contribution in [3.8, 4) is 0 Å². The van der Waals surface area contributed by atoms with Gasteiger partial charge in [-0.15, -0.1) is 0 Å². The minimum Gasteiger partial charge on any atom is -0.348 e. The SMILES string of the molecule is C=C(I)[C@@H]1OC(c2ccccc2)OC[C@H]1C. The quantitative estimate of drug-likeness (QED) is 0.770. The van der Waals surface area contributed by atoms with Gasteiger partial charge in [-0.25, -0.2) is 0 Å². The van der Waals surface area contributed by atoms with Gasteiger partial charge < -0.3 is 9.47 Å². The fraction of sp³-hybridized carbons (Fsp3) is 0.385. The first-order valence-corrected chi connectivity index (χ1v) is 6.42. The van der Waals surface area contributed by atoms with Gasteiger partial charge in [0.2, 0.25) is 0 Å². The van der Waals surface area contributed by atoms with Crippen LogP contribution in [0.2, 0.25) is 0 Å². The van der Waals surface area contributed by atoms with Crippen molar-refractivity contribution in [2.45, 2.75) is 19.3 Å². The second-order valence-electron chi connectivity index (χ2n) is 4.06. The molecule has 0 bridgehead atoms. The molecule has 0 spiro atoms. The second kappa shape index (κ2) is 5.29. The first-order chi connectivity index (χ1) is 7.68. The second-order valence-corrected chi connectivity index (χ2v) is 5.44. The first kappa shape index (κ1) is 12.1. The molecule has 0 aliphatic carbocycles. The van der Waals surface area contributed by atoms with Crippen LogP contribution in [0.25, 0.3) is 0 Å². The Hall–Kier alpha value is -0.390. The molecule has 1 aliphatic rings. The molecular formula is C13H15IO2. The maximum absolute atomic E-state index is 5.92. The molecule has 86 valence electrons. The molecule has 1 aromatic rings. The van der Waals surface area contributed by atoms with Crippen molar-refractivity contribution in [3.63, 3.8) is 0 Å². The fourth-order valence-electron chi connectivity index (χ4n) is 1.80. The molecule has 1 aromatic carbocycles. The number of hydrogen-bond donors (Lipinski definition) is 0. The summed E-state index contributed by atoms with van der Waals surface area (Å²) in [5.41, 5.74) is 1.07. The monoisotopic (exact) mass is 330 g/mol. The van der Waals surface area contributed by atoms with E-state index in [1.165, 1.54) is 0 Å². The van der Waals surface area contributed by atoms with Crippen LogP contribution in [0.1, 0.15) is 18.8 Å². The Balaban J connectivity index is 2.12. The molecule has 1 heterocycles. The maximum Gasteiger partial charge on any atom is 0.184 e. The molecule has 16 heavy (non-hydrogen) atoms. The molecule has 2 nitrogen and oxygen atoms in total. The highest BCUT2D eigenvalue weighted by molar-refractivity contribution is 14.1. The van der Waals surface area contributed by atoms with Crippen LogP contribution in [-0.2, 0) is 9.47 Å². The number of halogens is 1. The molecular weight excluding hydrogens is 315 g/mol. The summed E-state index contributed by atoms with van der Waals surface area (Å²) in [5.74, 6) is 0.365. The van der Waals surface area contributed by atoms with E-state index in [0.717, 1.165) is 9.14 Å². The van der Waals surface area contributed by atoms with E-state index in [1.54, 1.807) is 0 Å². The Morgan fingerprint density at radius 1 is 1.38 bits per heavy atom. The molecule has 0 amide bonds. The van der Waals surface area contributed by atoms with Crippen LogP contribution in [0.4, 0.5) is 0 Å². The predicted molar refractivity (Wildman–Crippen MR) is 72.3 cm³/mol. The summed E-state index contributed by atoms with van der Waals surface area (Å²) in [6.07, 6.45) is -0.173. The van der Waals surface area contributed by atoms with Gasteiger partial charge in [0.05, 0.1) is 12.7 Å². The highest BCUT2D eigenvalue weighted by atomic mass is 127. The van der Waals surface area contributed by atoms with E-state index >= 15 is 0 Å². The largest absolute Gasteiger partial charge is 0.348 e. The van der Waals surface area contributed by atoms with Crippen molar-refractivity contribution in [1.29, 1.82) is 0 Å². The summed E-state index contributed by atoms with van der Waals surface area (Å²) in [4.78, 5) is 0. The lowest BCUT2D eigenvalue weighted by atomic mass is 10.0. The van der Waals surface area contributed by atoms with Gasteiger partial charge >= 0.3 is 0 Å². The zero-order chi connectivity index (χ0) is 11.5. The zero-order valence-electron chi connectivity index (χ0n) is 9.23. The van der Waals surface area contributed by atoms with Crippen molar-refractivity contribution < 1.29 is 9.47 Å². The number of ether oxygens (including phenoxy) is 2. The van der Waals surface area contributed by atoms with Gasteiger partial charge in [0.1, 0.15) is 0 Å². The molecule has 0 N–H and O–H groups in total. The third kappa shape index (κ3) is 2.64. The van der Waals surface area contributed by atoms with Gasteiger partial charge in [-0.05, 0) is 22.6 Å². The van der Waals surface area contributed by atoms with Gasteiger partial charge in [0, 0.05) is 15.1 Å². The van der Waals surface area contributed by atoms with Crippen molar-refractivity contribution in [1.82, 2.24) is 0 Å². The molecule has 2 rings (SSSR count). The molecule has 0 saturated carbocycles. The van der Waals surface area contributed by atoms with Crippen LogP contribution < -0.4 is 0 Å². The number of hydrogen-bond acceptors (Lipinski definition) is 2. The third-order valence-electron chi connectivity index (χ3n) is 2.68. The van der Waals surface area contributed by atoms with E-state index in [9.17, 15) is 0 Å². The van der Waals surface area contributed by atoms with E-state index in [1.807, 2.05) is 30.3 Å². The average molecular weight is 330 g/mol. The standard InChI is InChI=1S/C13H15IO2/c1-9-8-15-13(16-12(9)10(2)14)11-6-4-3-5-7-11/h3-7,9,12-13H,2,8H2,1H3/t9-,12-,13?/m1/s1. The van der Waals surface area contributed by atoms with Crippen molar-refractivity contribution in [3.05, 3.63) is 46.1 Å². The summed E-state index contributed by atoms with van der Waals surface area (Å²) in [6.45, 7) is 6.80. The highest BCUT2D eigenvalue weighted by Gasteiger charge is 2.30. The average Bonchev–Trinajstić information content (AvgIpc) is 2.30. The first-order valence-electron chi connectivity index (χ1n) is 5.35. The molecule has 3 heteroatoms. The van der Waals surface area contributed by atoms with E-state index in [2.05, 4.69) is 36.1 Å². The Morgan fingerprint density at radius 2 is 2.06 bits per heavy atom. The lowest BCUT2D eigenvalue weighted by molar-refractivity contribution is -0.225. The minimum absolute atomic E-state index is 0.0829. The molecule has 0 radical (unpaired) electrons. The Morgan fingerprint density at radius 3 is 2.69 bits per heavy atom. The lowest BCUT2D eigenvalue weighted by Crippen LogP contribution is -2.34. The van der Waals surface area contributed by atoms with E-state index in [-0.39, 0.29) is 12.4 Å². The Kier molecular flexibility index (Phi) is 4.00. The normalized spacial score (nSPS) is 30.0. The van der Waals surface area contributed by atoms with Crippen LogP contribution >= 0.6 is 22.6 Å². The summed E-state index contributed by atoms with van der Waals surface area (Å²) < 4.78 is 12.6. The van der Waals surface area contributed by atoms with Gasteiger partial charge in [-0.3, -0.25) is 0 Å². The molecule has 0 aromatic heterocycles. The summed E-state index contributed by atoms with van der Waals surface area (Å²) in [5, 5.41) is 0. The highest BCUT2D eigenvalue weighted by Crippen LogP contribution is 2.33. The smallest absolute Gasteiger partial charge is 0.184 e. The molecule has 1 saturated heterocycles. The molecule has 1 unspecified atom stereocenters. The van der Waals surface area contributed by atoms with Crippen LogP contribution in [-0.4, -0.2) is 12.7 Å². The van der Waals surface area contributed by atoms with E-state index in [0.29, 0.717) is 12.5 Å². The third-order valence-corrected chi connectivity index (χ3v) is 3.29. The Labute approximate surface area is 110 Å². The topological polar surface area (TPSA) is 18.5 Å². The van der Waals surface area contributed by atoms with Crippen LogP contribution in [0, 0.1) is 5.92 Å². The molecule has 1 fully saturated rings. The minimum atomic E-state index is -0.256. The van der Waals surface area contributed by atoms with Crippen molar-refractivity contribution in [2.75, 3.05) is 6.61 Å². The van der Waals surface area contributed by atoms with Crippen LogP contribution in [0.15, 0.2) is 40.5 Å². The number of rotatable bonds is 2. The Bertz CT molecular complexity index is 363. The molecule has 3 atom stereocenters. The summed E-state index contributed by atoms with van der Waals surface area (Å²) >= 11 is 2.23. The van der Waals surface area contributed by atoms with Gasteiger partial charge in [0.15, 0.2) is 6.29 Å². The summed E-state index contributed by atoms with van der Waals surface area (Å²) in [6, 6.07) is 10.0. The number of benzene rings is 1. The van der Waals surface area contributed by atoms with E-state index in [4.69, 9.17) is 9.47 Å². The van der Waals surface area contributed by atoms with E-state index < -0.39 is 0 Å². The van der Waals surface area contributed by atoms with Gasteiger partial charge in [0.25, 0.3) is 0 Å². The zero-order valence-corrected chi connectivity index (χ0v) is 11.4. The summed E-state index contributed by atoms with van der Waals surface area (Å²) in [7, 11) is 0. The molecule has 1 aliphatic heterocycles. The van der Waals surface area contributed by atoms with Crippen molar-refractivity contribution >= 4 is 22.6 Å². The van der Waals surface area contributed by atoms with Gasteiger partial charge in [-0.1, -0.05) is 43.8 Å². The van der Waals surface area contributed by atoms with Crippen LogP contribution in [0.3, 0.4) is 0 Å². The predicted octanol–water partition coefficient (Wildman–Crippen LogP) is 3.69. The van der Waals surface area contributed by atoms with Gasteiger partial charge in [-0.2, -0.15) is 0 Å². The maximum atomic E-state index is 5.92. The lowest BCUT2D eigenvalue weighted by Gasteiger charge is -2.34. The fourth-order valence-corrected chi connectivity index (χ4v) is 2.56. The van der Waals surface area contributed by atoms with Crippen LogP contribution in [0.5, 0.6) is 0 Å².